The number of carbonyl (C=O) groups is 1. The van der Waals surface area contributed by atoms with Crippen molar-refractivity contribution >= 4 is 29.1 Å². The second kappa shape index (κ2) is 10.2. The summed E-state index contributed by atoms with van der Waals surface area (Å²) in [6.45, 7) is 0. The molecule has 3 rings (SSSR count). The summed E-state index contributed by atoms with van der Waals surface area (Å²) in [5.74, 6) is 2.19. The summed E-state index contributed by atoms with van der Waals surface area (Å²) >= 11 is 0. The molecule has 8 nitrogen and oxygen atoms in total. The van der Waals surface area contributed by atoms with E-state index < -0.39 is 0 Å². The van der Waals surface area contributed by atoms with Crippen molar-refractivity contribution < 1.29 is 23.7 Å². The van der Waals surface area contributed by atoms with Gasteiger partial charge in [0.1, 0.15) is 11.6 Å². The van der Waals surface area contributed by atoms with E-state index in [2.05, 4.69) is 10.3 Å². The standard InChI is InChI=1S/C24H25N3O5/c1-29-20-10-8-15(12-18(20)25)7-9-19(28)17-6-5-11-26-24(17)27-16-13-21(30-2)23(32-4)22(14-16)31-3/h5-14H,25H2,1-4H3,(H,26,27)/b9-7+. The fourth-order valence-electron chi connectivity index (χ4n) is 3.11. The highest BCUT2D eigenvalue weighted by Gasteiger charge is 2.16. The van der Waals surface area contributed by atoms with Crippen molar-refractivity contribution in [3.05, 3.63) is 65.9 Å². The molecular formula is C24H25N3O5. The van der Waals surface area contributed by atoms with Gasteiger partial charge >= 0.3 is 0 Å². The maximum atomic E-state index is 12.9. The molecule has 0 fully saturated rings. The first-order valence-electron chi connectivity index (χ1n) is 9.68. The van der Waals surface area contributed by atoms with E-state index >= 15 is 0 Å². The first-order valence-corrected chi connectivity index (χ1v) is 9.68. The molecule has 0 saturated carbocycles. The van der Waals surface area contributed by atoms with Gasteiger partial charge < -0.3 is 30.0 Å². The van der Waals surface area contributed by atoms with E-state index in [4.69, 9.17) is 24.7 Å². The molecule has 0 bridgehead atoms. The van der Waals surface area contributed by atoms with Crippen LogP contribution in [0.4, 0.5) is 17.2 Å². The first kappa shape index (κ1) is 22.5. The molecular weight excluding hydrogens is 410 g/mol. The fourth-order valence-corrected chi connectivity index (χ4v) is 3.11. The number of ether oxygens (including phenoxy) is 4. The smallest absolute Gasteiger partial charge is 0.203 e. The Kier molecular flexibility index (Phi) is 7.17. The van der Waals surface area contributed by atoms with Crippen LogP contribution in [0, 0.1) is 0 Å². The van der Waals surface area contributed by atoms with Gasteiger partial charge in [-0.15, -0.1) is 0 Å². The van der Waals surface area contributed by atoms with E-state index in [0.29, 0.717) is 45.8 Å². The number of ketones is 1. The number of anilines is 3. The number of nitrogens with one attached hydrogen (secondary N) is 1. The van der Waals surface area contributed by atoms with Crippen LogP contribution in [0.5, 0.6) is 23.0 Å². The van der Waals surface area contributed by atoms with Crippen LogP contribution in [-0.2, 0) is 0 Å². The SMILES string of the molecule is COc1ccc(/C=C/C(=O)c2cccnc2Nc2cc(OC)c(OC)c(OC)c2)cc1N. The topological polar surface area (TPSA) is 105 Å². The number of aromatic nitrogens is 1. The molecule has 0 saturated heterocycles. The van der Waals surface area contributed by atoms with Crippen LogP contribution in [0.15, 0.2) is 54.7 Å². The largest absolute Gasteiger partial charge is 0.495 e. The van der Waals surface area contributed by atoms with Crippen molar-refractivity contribution in [3.63, 3.8) is 0 Å². The Labute approximate surface area is 186 Å². The van der Waals surface area contributed by atoms with Crippen LogP contribution in [0.2, 0.25) is 0 Å². The van der Waals surface area contributed by atoms with E-state index in [1.165, 1.54) is 27.4 Å². The summed E-state index contributed by atoms with van der Waals surface area (Å²) in [5, 5.41) is 3.16. The maximum absolute atomic E-state index is 12.9. The molecule has 0 amide bonds. The number of hydrogen-bond acceptors (Lipinski definition) is 8. The van der Waals surface area contributed by atoms with Crippen molar-refractivity contribution in [2.24, 2.45) is 0 Å². The number of rotatable bonds is 9. The third-order valence-corrected chi connectivity index (χ3v) is 4.68. The van der Waals surface area contributed by atoms with Gasteiger partial charge in [0, 0.05) is 24.0 Å². The van der Waals surface area contributed by atoms with E-state index in [9.17, 15) is 4.79 Å². The van der Waals surface area contributed by atoms with Crippen LogP contribution in [0.1, 0.15) is 15.9 Å². The third kappa shape index (κ3) is 4.92. The van der Waals surface area contributed by atoms with Crippen molar-refractivity contribution in [1.29, 1.82) is 0 Å². The molecule has 8 heteroatoms. The summed E-state index contributed by atoms with van der Waals surface area (Å²) in [7, 11) is 6.16. The van der Waals surface area contributed by atoms with Gasteiger partial charge in [-0.1, -0.05) is 12.1 Å². The average molecular weight is 435 g/mol. The van der Waals surface area contributed by atoms with Crippen LogP contribution in [-0.4, -0.2) is 39.2 Å². The number of nitrogens with two attached hydrogens (primary N) is 1. The fraction of sp³-hybridized carbons (Fsp3) is 0.167. The second-order valence-electron chi connectivity index (χ2n) is 6.64. The molecule has 0 radical (unpaired) electrons. The van der Waals surface area contributed by atoms with Crippen LogP contribution in [0.25, 0.3) is 6.08 Å². The molecule has 3 N–H and O–H groups in total. The Morgan fingerprint density at radius 2 is 1.62 bits per heavy atom. The minimum Gasteiger partial charge on any atom is -0.495 e. The van der Waals surface area contributed by atoms with Gasteiger partial charge in [-0.3, -0.25) is 4.79 Å². The van der Waals surface area contributed by atoms with Gasteiger partial charge in [0.05, 0.1) is 39.7 Å². The number of allylic oxidation sites excluding steroid dienone is 1. The summed E-state index contributed by atoms with van der Waals surface area (Å²) < 4.78 is 21.3. The number of carbonyl (C=O) groups excluding carboxylic acids is 1. The molecule has 32 heavy (non-hydrogen) atoms. The van der Waals surface area contributed by atoms with Gasteiger partial charge in [-0.2, -0.15) is 0 Å². The van der Waals surface area contributed by atoms with Crippen molar-refractivity contribution in [2.75, 3.05) is 39.5 Å². The lowest BCUT2D eigenvalue weighted by atomic mass is 10.1. The van der Waals surface area contributed by atoms with Gasteiger partial charge in [0.2, 0.25) is 5.75 Å². The zero-order valence-electron chi connectivity index (χ0n) is 18.3. The van der Waals surface area contributed by atoms with Gasteiger partial charge in [0.15, 0.2) is 17.3 Å². The predicted molar refractivity (Wildman–Crippen MR) is 124 cm³/mol. The summed E-state index contributed by atoms with van der Waals surface area (Å²) in [4.78, 5) is 17.2. The molecule has 0 aliphatic rings. The molecule has 3 aromatic rings. The Morgan fingerprint density at radius 3 is 2.22 bits per heavy atom. The number of pyridine rings is 1. The molecule has 1 aromatic heterocycles. The number of nitrogens with zero attached hydrogens (tertiary/aromatic N) is 1. The zero-order valence-corrected chi connectivity index (χ0v) is 18.3. The average Bonchev–Trinajstić information content (AvgIpc) is 2.82. The van der Waals surface area contributed by atoms with E-state index in [-0.39, 0.29) is 5.78 Å². The van der Waals surface area contributed by atoms with Gasteiger partial charge in [-0.05, 0) is 35.9 Å². The van der Waals surface area contributed by atoms with Crippen molar-refractivity contribution in [2.45, 2.75) is 0 Å². The van der Waals surface area contributed by atoms with Crippen LogP contribution >= 0.6 is 0 Å². The van der Waals surface area contributed by atoms with Gasteiger partial charge in [0.25, 0.3) is 0 Å². The summed E-state index contributed by atoms with van der Waals surface area (Å²) in [5.41, 5.74) is 8.23. The minimum atomic E-state index is -0.220. The van der Waals surface area contributed by atoms with Crippen molar-refractivity contribution in [1.82, 2.24) is 4.98 Å². The monoisotopic (exact) mass is 435 g/mol. The lowest BCUT2D eigenvalue weighted by Crippen LogP contribution is -2.04. The number of methoxy groups -OCH3 is 4. The normalized spacial score (nSPS) is 10.6. The molecule has 0 atom stereocenters. The minimum absolute atomic E-state index is 0.220. The molecule has 1 heterocycles. The Bertz CT molecular complexity index is 1120. The van der Waals surface area contributed by atoms with Crippen molar-refractivity contribution in [3.8, 4) is 23.0 Å². The molecule has 2 aromatic carbocycles. The molecule has 0 aliphatic carbocycles. The Balaban J connectivity index is 1.88. The third-order valence-electron chi connectivity index (χ3n) is 4.68. The first-order chi connectivity index (χ1) is 15.5. The van der Waals surface area contributed by atoms with Gasteiger partial charge in [-0.25, -0.2) is 4.98 Å². The summed E-state index contributed by atoms with van der Waals surface area (Å²) in [6.07, 6.45) is 4.76. The number of nitrogen functional groups attached to an aromatic ring is 1. The maximum Gasteiger partial charge on any atom is 0.203 e. The molecule has 0 spiro atoms. The highest BCUT2D eigenvalue weighted by Crippen LogP contribution is 2.40. The highest BCUT2D eigenvalue weighted by molar-refractivity contribution is 6.10. The molecule has 0 unspecified atom stereocenters. The lowest BCUT2D eigenvalue weighted by Gasteiger charge is -2.15. The van der Waals surface area contributed by atoms with Crippen LogP contribution < -0.4 is 30.0 Å². The highest BCUT2D eigenvalue weighted by atomic mass is 16.5. The number of benzene rings is 2. The quantitative estimate of drug-likeness (QED) is 0.291. The summed E-state index contributed by atoms with van der Waals surface area (Å²) in [6, 6.07) is 12.2. The zero-order chi connectivity index (χ0) is 23.1. The molecule has 166 valence electrons. The van der Waals surface area contributed by atoms with E-state index in [1.807, 2.05) is 6.07 Å². The number of hydrogen-bond donors (Lipinski definition) is 2. The second-order valence-corrected chi connectivity index (χ2v) is 6.64. The van der Waals surface area contributed by atoms with E-state index in [1.54, 1.807) is 55.8 Å². The Morgan fingerprint density at radius 1 is 0.938 bits per heavy atom. The lowest BCUT2D eigenvalue weighted by molar-refractivity contribution is 0.104. The van der Waals surface area contributed by atoms with Crippen LogP contribution in [0.3, 0.4) is 0 Å². The predicted octanol–water partition coefficient (Wildman–Crippen LogP) is 4.34. The molecule has 0 aliphatic heterocycles. The van der Waals surface area contributed by atoms with E-state index in [0.717, 1.165) is 5.56 Å². The Hall–Kier alpha value is -4.20.